The highest BCUT2D eigenvalue weighted by Crippen LogP contribution is 2.19. The minimum atomic E-state index is -0.989. The molecule has 13 heteroatoms. The number of benzene rings is 2. The van der Waals surface area contributed by atoms with Crippen LogP contribution in [0.2, 0.25) is 0 Å². The Morgan fingerprint density at radius 3 is 2.23 bits per heavy atom. The summed E-state index contributed by atoms with van der Waals surface area (Å²) >= 11 is 0. The third-order valence-electron chi connectivity index (χ3n) is 7.26. The van der Waals surface area contributed by atoms with Gasteiger partial charge < -0.3 is 43.2 Å². The van der Waals surface area contributed by atoms with Gasteiger partial charge in [-0.25, -0.2) is 0 Å². The van der Waals surface area contributed by atoms with Crippen molar-refractivity contribution in [1.29, 1.82) is 0 Å². The fraction of sp³-hybridized carbons (Fsp3) is 0.433. The summed E-state index contributed by atoms with van der Waals surface area (Å²) in [7, 11) is 0. The van der Waals surface area contributed by atoms with Gasteiger partial charge in [0.25, 0.3) is 0 Å². The molecule has 1 aliphatic rings. The minimum Gasteiger partial charge on any atom is -0.508 e. The van der Waals surface area contributed by atoms with Crippen molar-refractivity contribution < 1.29 is 29.1 Å². The Labute approximate surface area is 250 Å². The minimum absolute atomic E-state index is 0.0889. The van der Waals surface area contributed by atoms with Crippen LogP contribution >= 0.6 is 0 Å². The van der Waals surface area contributed by atoms with Crippen molar-refractivity contribution in [1.82, 2.24) is 20.9 Å². The van der Waals surface area contributed by atoms with Gasteiger partial charge in [0.2, 0.25) is 29.5 Å². The number of carbonyl (C=O) groups excluding carboxylic acids is 5. The van der Waals surface area contributed by atoms with Crippen LogP contribution in [0.15, 0.2) is 54.6 Å². The molecule has 13 nitrogen and oxygen atoms in total. The van der Waals surface area contributed by atoms with Crippen LogP contribution in [0.4, 0.5) is 0 Å². The summed E-state index contributed by atoms with van der Waals surface area (Å²) in [4.78, 5) is 65.4. The van der Waals surface area contributed by atoms with Crippen LogP contribution in [0.25, 0.3) is 0 Å². The third-order valence-corrected chi connectivity index (χ3v) is 7.26. The van der Waals surface area contributed by atoms with E-state index < -0.39 is 60.2 Å². The number of amides is 5. The zero-order chi connectivity index (χ0) is 31.4. The first-order valence-corrected chi connectivity index (χ1v) is 14.3. The van der Waals surface area contributed by atoms with E-state index in [0.29, 0.717) is 25.8 Å². The molecular weight excluding hydrogens is 554 g/mol. The Kier molecular flexibility index (Phi) is 12.5. The number of nitrogens with zero attached hydrogens (tertiary/aromatic N) is 1. The van der Waals surface area contributed by atoms with Gasteiger partial charge in [0.15, 0.2) is 0 Å². The molecule has 43 heavy (non-hydrogen) atoms. The zero-order valence-electron chi connectivity index (χ0n) is 24.0. The lowest BCUT2D eigenvalue weighted by atomic mass is 10.0. The van der Waals surface area contributed by atoms with E-state index in [0.717, 1.165) is 11.1 Å². The number of carbonyl (C=O) groups is 5. The number of nitrogens with one attached hydrogen (secondary N) is 3. The summed E-state index contributed by atoms with van der Waals surface area (Å²) in [5.74, 6) is -2.72. The predicted molar refractivity (Wildman–Crippen MR) is 159 cm³/mol. The maximum Gasteiger partial charge on any atom is 0.246 e. The molecule has 5 amide bonds. The molecule has 3 rings (SSSR count). The molecule has 0 unspecified atom stereocenters. The average molecular weight is 596 g/mol. The highest BCUT2D eigenvalue weighted by molar-refractivity contribution is 5.94. The quantitative estimate of drug-likeness (QED) is 0.132. The molecule has 10 N–H and O–H groups in total. The van der Waals surface area contributed by atoms with Crippen molar-refractivity contribution >= 4 is 29.5 Å². The van der Waals surface area contributed by atoms with Crippen molar-refractivity contribution in [2.45, 2.75) is 62.7 Å². The van der Waals surface area contributed by atoms with Crippen molar-refractivity contribution in [2.75, 3.05) is 19.6 Å². The number of likely N-dealkylation sites (tertiary alicyclic amines) is 1. The lowest BCUT2D eigenvalue weighted by molar-refractivity contribution is -0.140. The Morgan fingerprint density at radius 1 is 0.907 bits per heavy atom. The molecule has 0 saturated carbocycles. The molecule has 2 aromatic rings. The summed E-state index contributed by atoms with van der Waals surface area (Å²) < 4.78 is 0. The van der Waals surface area contributed by atoms with Crippen LogP contribution in [0, 0.1) is 0 Å². The number of phenolic OH excluding ortho intramolecular Hbond substituents is 1. The van der Waals surface area contributed by atoms with E-state index in [4.69, 9.17) is 17.2 Å². The molecular formula is C30H41N7O6. The molecule has 4 atom stereocenters. The number of aromatic hydroxyl groups is 1. The summed E-state index contributed by atoms with van der Waals surface area (Å²) in [5.41, 5.74) is 18.7. The Balaban J connectivity index is 1.61. The summed E-state index contributed by atoms with van der Waals surface area (Å²) in [6, 6.07) is 11.7. The topological polar surface area (TPSA) is 223 Å². The van der Waals surface area contributed by atoms with E-state index >= 15 is 0 Å². The second kappa shape index (κ2) is 16.2. The number of hydrogen-bond donors (Lipinski definition) is 7. The molecule has 1 heterocycles. The summed E-state index contributed by atoms with van der Waals surface area (Å²) in [5, 5.41) is 17.3. The Bertz CT molecular complexity index is 1260. The molecule has 1 aliphatic heterocycles. The first kappa shape index (κ1) is 33.0. The first-order chi connectivity index (χ1) is 20.6. The van der Waals surface area contributed by atoms with E-state index in [9.17, 15) is 29.1 Å². The van der Waals surface area contributed by atoms with Crippen molar-refractivity contribution in [3.8, 4) is 5.75 Å². The molecule has 1 fully saturated rings. The van der Waals surface area contributed by atoms with Gasteiger partial charge in [0.05, 0.1) is 12.6 Å². The van der Waals surface area contributed by atoms with Crippen molar-refractivity contribution in [3.05, 3.63) is 65.7 Å². The van der Waals surface area contributed by atoms with Gasteiger partial charge >= 0.3 is 0 Å². The van der Waals surface area contributed by atoms with Crippen LogP contribution < -0.4 is 33.2 Å². The lowest BCUT2D eigenvalue weighted by Gasteiger charge is -2.28. The fourth-order valence-corrected chi connectivity index (χ4v) is 4.96. The van der Waals surface area contributed by atoms with E-state index in [2.05, 4.69) is 16.0 Å². The average Bonchev–Trinajstić information content (AvgIpc) is 3.49. The Hall–Kier alpha value is -4.49. The molecule has 0 radical (unpaired) electrons. The van der Waals surface area contributed by atoms with Gasteiger partial charge in [-0.3, -0.25) is 24.0 Å². The van der Waals surface area contributed by atoms with Crippen molar-refractivity contribution in [2.24, 2.45) is 17.2 Å². The molecule has 2 aromatic carbocycles. The standard InChI is InChI=1S/C30H41N7O6/c31-14-4-8-23(36-28(41)22(32)16-20-10-12-21(38)13-11-20)29(42)34-18-26(39)35-24(17-19-6-2-1-3-7-19)30(43)37-15-5-9-25(37)27(33)40/h1-3,6-7,10-13,22-25,38H,4-5,8-9,14-18,31-32H2,(H2,33,40)(H,34,42)(H,35,39)(H,36,41)/t22-,23+,24-,25-/m0/s1. The summed E-state index contributed by atoms with van der Waals surface area (Å²) in [6.45, 7) is 0.179. The van der Waals surface area contributed by atoms with Gasteiger partial charge in [0, 0.05) is 13.0 Å². The van der Waals surface area contributed by atoms with Crippen LogP contribution in [-0.2, 0) is 36.8 Å². The van der Waals surface area contributed by atoms with Gasteiger partial charge in [-0.15, -0.1) is 0 Å². The monoisotopic (exact) mass is 595 g/mol. The van der Waals surface area contributed by atoms with E-state index in [1.165, 1.54) is 17.0 Å². The van der Waals surface area contributed by atoms with Gasteiger partial charge in [0.1, 0.15) is 23.9 Å². The SMILES string of the molecule is NCCC[C@@H](NC(=O)[C@@H](N)Cc1ccc(O)cc1)C(=O)NCC(=O)N[C@@H](Cc1ccccc1)C(=O)N1CCC[C@H]1C(N)=O. The summed E-state index contributed by atoms with van der Waals surface area (Å²) in [6.07, 6.45) is 2.09. The van der Waals surface area contributed by atoms with Crippen LogP contribution in [0.5, 0.6) is 5.75 Å². The van der Waals surface area contributed by atoms with E-state index in [-0.39, 0.29) is 31.6 Å². The maximum absolute atomic E-state index is 13.4. The number of hydrogen-bond acceptors (Lipinski definition) is 8. The fourth-order valence-electron chi connectivity index (χ4n) is 4.96. The molecule has 0 spiro atoms. The highest BCUT2D eigenvalue weighted by Gasteiger charge is 2.36. The molecule has 232 valence electrons. The van der Waals surface area contributed by atoms with Gasteiger partial charge in [-0.1, -0.05) is 42.5 Å². The third kappa shape index (κ3) is 10.1. The van der Waals surface area contributed by atoms with Crippen LogP contribution in [0.1, 0.15) is 36.8 Å². The molecule has 0 aliphatic carbocycles. The highest BCUT2D eigenvalue weighted by atomic mass is 16.3. The normalized spacial score (nSPS) is 16.5. The van der Waals surface area contributed by atoms with Crippen LogP contribution in [0.3, 0.4) is 0 Å². The number of rotatable bonds is 15. The van der Waals surface area contributed by atoms with E-state index in [1.54, 1.807) is 12.1 Å². The van der Waals surface area contributed by atoms with Crippen molar-refractivity contribution in [3.63, 3.8) is 0 Å². The molecule has 1 saturated heterocycles. The number of primary amides is 1. The largest absolute Gasteiger partial charge is 0.508 e. The number of phenols is 1. The maximum atomic E-state index is 13.4. The molecule has 0 aromatic heterocycles. The molecule has 0 bridgehead atoms. The van der Waals surface area contributed by atoms with Crippen LogP contribution in [-0.4, -0.2) is 83.3 Å². The predicted octanol–water partition coefficient (Wildman–Crippen LogP) is -1.19. The van der Waals surface area contributed by atoms with Gasteiger partial charge in [-0.05, 0) is 61.9 Å². The lowest BCUT2D eigenvalue weighted by Crippen LogP contribution is -2.56. The first-order valence-electron chi connectivity index (χ1n) is 14.3. The Morgan fingerprint density at radius 2 is 1.58 bits per heavy atom. The zero-order valence-corrected chi connectivity index (χ0v) is 24.0. The van der Waals surface area contributed by atoms with E-state index in [1.807, 2.05) is 30.3 Å². The smallest absolute Gasteiger partial charge is 0.246 e. The second-order valence-electron chi connectivity index (χ2n) is 10.6. The van der Waals surface area contributed by atoms with Gasteiger partial charge in [-0.2, -0.15) is 0 Å². The second-order valence-corrected chi connectivity index (χ2v) is 10.6. The number of nitrogens with two attached hydrogens (primary N) is 3.